The molecule has 1 aromatic carbocycles. The van der Waals surface area contributed by atoms with Crippen molar-refractivity contribution in [3.05, 3.63) is 35.7 Å². The lowest BCUT2D eigenvalue weighted by atomic mass is 10.1. The average Bonchev–Trinajstić information content (AvgIpc) is 3.00. The van der Waals surface area contributed by atoms with Crippen LogP contribution in [0.25, 0.3) is 11.5 Å². The van der Waals surface area contributed by atoms with E-state index < -0.39 is 0 Å². The van der Waals surface area contributed by atoms with E-state index in [1.165, 1.54) is 0 Å². The lowest BCUT2D eigenvalue weighted by Gasteiger charge is -2.22. The molecule has 0 spiro atoms. The van der Waals surface area contributed by atoms with Crippen LogP contribution in [0, 0.1) is 6.92 Å². The van der Waals surface area contributed by atoms with Gasteiger partial charge in [0.2, 0.25) is 0 Å². The molecule has 0 amide bonds. The van der Waals surface area contributed by atoms with Crippen LogP contribution in [0.1, 0.15) is 35.4 Å². The van der Waals surface area contributed by atoms with E-state index in [4.69, 9.17) is 14.0 Å². The van der Waals surface area contributed by atoms with Gasteiger partial charge in [-0.1, -0.05) is 5.16 Å². The van der Waals surface area contributed by atoms with Crippen molar-refractivity contribution in [1.82, 2.24) is 10.1 Å². The summed E-state index contributed by atoms with van der Waals surface area (Å²) < 4.78 is 15.9. The van der Waals surface area contributed by atoms with Gasteiger partial charge in [0, 0.05) is 12.2 Å². The zero-order valence-corrected chi connectivity index (χ0v) is 12.4. The number of hydrogen-bond donors (Lipinski definition) is 0. The number of carbonyl (C=O) groups is 1. The van der Waals surface area contributed by atoms with Crippen molar-refractivity contribution >= 4 is 5.97 Å². The predicted octanol–water partition coefficient (Wildman–Crippen LogP) is 2.77. The Morgan fingerprint density at radius 3 is 2.77 bits per heavy atom. The number of esters is 1. The third-order valence-corrected chi connectivity index (χ3v) is 3.57. The molecule has 1 fully saturated rings. The average molecular weight is 302 g/mol. The third kappa shape index (κ3) is 3.51. The summed E-state index contributed by atoms with van der Waals surface area (Å²) in [6.45, 7) is 2.82. The van der Waals surface area contributed by atoms with Crippen molar-refractivity contribution < 1.29 is 18.8 Å². The van der Waals surface area contributed by atoms with Crippen molar-refractivity contribution in [2.75, 3.05) is 13.2 Å². The molecule has 0 saturated carbocycles. The first kappa shape index (κ1) is 14.7. The van der Waals surface area contributed by atoms with Crippen LogP contribution in [0.4, 0.5) is 0 Å². The van der Waals surface area contributed by atoms with E-state index in [0.29, 0.717) is 23.9 Å². The highest BCUT2D eigenvalue weighted by Gasteiger charge is 2.17. The smallest absolute Gasteiger partial charge is 0.338 e. The quantitative estimate of drug-likeness (QED) is 0.808. The van der Waals surface area contributed by atoms with Gasteiger partial charge in [-0.15, -0.1) is 0 Å². The van der Waals surface area contributed by atoms with Crippen LogP contribution in [0.3, 0.4) is 0 Å². The molecule has 1 aliphatic rings. The van der Waals surface area contributed by atoms with Crippen LogP contribution >= 0.6 is 0 Å². The summed E-state index contributed by atoms with van der Waals surface area (Å²) in [7, 11) is 0. The van der Waals surface area contributed by atoms with Crippen molar-refractivity contribution in [2.24, 2.45) is 0 Å². The summed E-state index contributed by atoms with van der Waals surface area (Å²) in [6.07, 6.45) is 3.18. The Morgan fingerprint density at radius 2 is 2.14 bits per heavy atom. The number of aromatic nitrogens is 2. The van der Waals surface area contributed by atoms with Gasteiger partial charge in [-0.05, 0) is 50.5 Å². The number of carbonyl (C=O) groups excluding carboxylic acids is 1. The van der Waals surface area contributed by atoms with E-state index in [2.05, 4.69) is 10.1 Å². The van der Waals surface area contributed by atoms with E-state index in [1.54, 1.807) is 31.2 Å². The fraction of sp³-hybridized carbons (Fsp3) is 0.438. The van der Waals surface area contributed by atoms with E-state index in [9.17, 15) is 4.79 Å². The monoisotopic (exact) mass is 302 g/mol. The summed E-state index contributed by atoms with van der Waals surface area (Å²) in [5.74, 6) is 0.668. The topological polar surface area (TPSA) is 74.5 Å². The van der Waals surface area contributed by atoms with E-state index >= 15 is 0 Å². The standard InChI is InChI=1S/C16H18N2O4/c1-11-17-15(22-18-11)12-5-7-13(8-6-12)16(19)21-10-14-4-2-3-9-20-14/h5-8,14H,2-4,9-10H2,1H3. The maximum atomic E-state index is 12.0. The van der Waals surface area contributed by atoms with E-state index in [1.807, 2.05) is 0 Å². The zero-order chi connectivity index (χ0) is 15.4. The Hall–Kier alpha value is -2.21. The van der Waals surface area contributed by atoms with Crippen molar-refractivity contribution in [3.63, 3.8) is 0 Å². The fourth-order valence-electron chi connectivity index (χ4n) is 2.35. The molecule has 0 radical (unpaired) electrons. The molecule has 6 nitrogen and oxygen atoms in total. The highest BCUT2D eigenvalue weighted by atomic mass is 16.6. The molecule has 1 aliphatic heterocycles. The van der Waals surface area contributed by atoms with Crippen LogP contribution in [0.15, 0.2) is 28.8 Å². The molecule has 1 aromatic heterocycles. The van der Waals surface area contributed by atoms with E-state index in [-0.39, 0.29) is 12.1 Å². The van der Waals surface area contributed by atoms with Crippen molar-refractivity contribution in [3.8, 4) is 11.5 Å². The van der Waals surface area contributed by atoms with E-state index in [0.717, 1.165) is 31.4 Å². The van der Waals surface area contributed by atoms with Crippen LogP contribution in [-0.2, 0) is 9.47 Å². The van der Waals surface area contributed by atoms with Gasteiger partial charge in [-0.3, -0.25) is 0 Å². The second kappa shape index (κ2) is 6.70. The van der Waals surface area contributed by atoms with Crippen molar-refractivity contribution in [1.29, 1.82) is 0 Å². The van der Waals surface area contributed by atoms with Gasteiger partial charge in [0.1, 0.15) is 6.61 Å². The Kier molecular flexibility index (Phi) is 4.48. The Bertz CT molecular complexity index is 630. The van der Waals surface area contributed by atoms with Crippen LogP contribution in [-0.4, -0.2) is 35.4 Å². The second-order valence-corrected chi connectivity index (χ2v) is 5.31. The maximum absolute atomic E-state index is 12.0. The normalized spacial score (nSPS) is 18.1. The lowest BCUT2D eigenvalue weighted by Crippen LogP contribution is -2.25. The van der Waals surface area contributed by atoms with Crippen LogP contribution in [0.5, 0.6) is 0 Å². The first-order valence-corrected chi connectivity index (χ1v) is 7.42. The lowest BCUT2D eigenvalue weighted by molar-refractivity contribution is -0.0300. The third-order valence-electron chi connectivity index (χ3n) is 3.57. The Labute approximate surface area is 128 Å². The van der Waals surface area contributed by atoms with Crippen LogP contribution in [0.2, 0.25) is 0 Å². The molecule has 0 bridgehead atoms. The molecule has 1 unspecified atom stereocenters. The van der Waals surface area contributed by atoms with Crippen LogP contribution < -0.4 is 0 Å². The molecule has 116 valence electrons. The highest BCUT2D eigenvalue weighted by molar-refractivity contribution is 5.89. The SMILES string of the molecule is Cc1noc(-c2ccc(C(=O)OCC3CCCCO3)cc2)n1. The molecule has 2 aromatic rings. The summed E-state index contributed by atoms with van der Waals surface area (Å²) in [4.78, 5) is 16.2. The molecule has 6 heteroatoms. The minimum absolute atomic E-state index is 0.0262. The number of aryl methyl sites for hydroxylation is 1. The number of nitrogens with zero attached hydrogens (tertiary/aromatic N) is 2. The largest absolute Gasteiger partial charge is 0.459 e. The molecular weight excluding hydrogens is 284 g/mol. The summed E-state index contributed by atoms with van der Waals surface area (Å²) >= 11 is 0. The first-order chi connectivity index (χ1) is 10.7. The maximum Gasteiger partial charge on any atom is 0.338 e. The predicted molar refractivity (Wildman–Crippen MR) is 78.3 cm³/mol. The molecule has 2 heterocycles. The molecule has 0 N–H and O–H groups in total. The summed E-state index contributed by atoms with van der Waals surface area (Å²) in [6, 6.07) is 6.92. The highest BCUT2D eigenvalue weighted by Crippen LogP contribution is 2.18. The molecule has 1 atom stereocenters. The summed E-state index contributed by atoms with van der Waals surface area (Å²) in [5.41, 5.74) is 1.27. The van der Waals surface area contributed by atoms with Gasteiger partial charge >= 0.3 is 5.97 Å². The first-order valence-electron chi connectivity index (χ1n) is 7.42. The minimum atomic E-state index is -0.345. The van der Waals surface area contributed by atoms with Crippen molar-refractivity contribution in [2.45, 2.75) is 32.3 Å². The zero-order valence-electron chi connectivity index (χ0n) is 12.4. The Morgan fingerprint density at radius 1 is 1.32 bits per heavy atom. The summed E-state index contributed by atoms with van der Waals surface area (Å²) in [5, 5.41) is 3.74. The van der Waals surface area contributed by atoms with Gasteiger partial charge in [-0.25, -0.2) is 4.79 Å². The number of benzene rings is 1. The van der Waals surface area contributed by atoms with Gasteiger partial charge in [0.15, 0.2) is 5.82 Å². The fourth-order valence-corrected chi connectivity index (χ4v) is 2.35. The van der Waals surface area contributed by atoms with Gasteiger partial charge in [-0.2, -0.15) is 4.98 Å². The molecular formula is C16H18N2O4. The van der Waals surface area contributed by atoms with Gasteiger partial charge in [0.25, 0.3) is 5.89 Å². The number of rotatable bonds is 4. The molecule has 1 saturated heterocycles. The number of ether oxygens (including phenoxy) is 2. The van der Waals surface area contributed by atoms with Gasteiger partial charge in [0.05, 0.1) is 11.7 Å². The molecule has 3 rings (SSSR count). The Balaban J connectivity index is 1.58. The number of hydrogen-bond acceptors (Lipinski definition) is 6. The van der Waals surface area contributed by atoms with Gasteiger partial charge < -0.3 is 14.0 Å². The minimum Gasteiger partial charge on any atom is -0.459 e. The molecule has 0 aliphatic carbocycles. The molecule has 22 heavy (non-hydrogen) atoms. The second-order valence-electron chi connectivity index (χ2n) is 5.31.